The Balaban J connectivity index is 1.63. The fourth-order valence-electron chi connectivity index (χ4n) is 2.55. The van der Waals surface area contributed by atoms with Crippen LogP contribution in [-0.2, 0) is 6.54 Å². The van der Waals surface area contributed by atoms with Crippen LogP contribution < -0.4 is 4.74 Å². The number of alkyl halides is 3. The Morgan fingerprint density at radius 3 is 2.33 bits per heavy atom. The number of amides is 1. The van der Waals surface area contributed by atoms with Gasteiger partial charge in [-0.15, -0.1) is 13.2 Å². The molecule has 0 saturated heterocycles. The van der Waals surface area contributed by atoms with Crippen molar-refractivity contribution in [3.05, 3.63) is 78.4 Å². The minimum atomic E-state index is -4.73. The first kappa shape index (κ1) is 18.5. The highest BCUT2D eigenvalue weighted by Gasteiger charge is 2.30. The SMILES string of the molecule is CN(Cc1ccc(OC(F)(F)F)cc1)C(=O)c1ccc(-n2ccnc2)cc1. The van der Waals surface area contributed by atoms with Gasteiger partial charge in [-0.05, 0) is 42.0 Å². The van der Waals surface area contributed by atoms with Crippen LogP contribution in [0.3, 0.4) is 0 Å². The lowest BCUT2D eigenvalue weighted by molar-refractivity contribution is -0.274. The van der Waals surface area contributed by atoms with Gasteiger partial charge in [-0.3, -0.25) is 4.79 Å². The molecule has 8 heteroatoms. The second-order valence-electron chi connectivity index (χ2n) is 5.87. The van der Waals surface area contributed by atoms with E-state index in [1.54, 1.807) is 37.9 Å². The molecule has 3 rings (SSSR count). The van der Waals surface area contributed by atoms with Crippen LogP contribution in [0.2, 0.25) is 0 Å². The van der Waals surface area contributed by atoms with Crippen molar-refractivity contribution in [2.24, 2.45) is 0 Å². The lowest BCUT2D eigenvalue weighted by Crippen LogP contribution is -2.26. The summed E-state index contributed by atoms with van der Waals surface area (Å²) in [6.45, 7) is 0.258. The van der Waals surface area contributed by atoms with Crippen LogP contribution in [0.15, 0.2) is 67.3 Å². The number of hydrogen-bond acceptors (Lipinski definition) is 3. The Bertz CT molecular complexity index is 889. The van der Waals surface area contributed by atoms with E-state index in [0.29, 0.717) is 11.1 Å². The summed E-state index contributed by atoms with van der Waals surface area (Å²) in [5.74, 6) is -0.488. The molecule has 0 radical (unpaired) electrons. The van der Waals surface area contributed by atoms with Crippen LogP contribution in [0.25, 0.3) is 5.69 Å². The maximum absolute atomic E-state index is 12.5. The lowest BCUT2D eigenvalue weighted by atomic mass is 10.1. The van der Waals surface area contributed by atoms with Gasteiger partial charge in [0.05, 0.1) is 6.33 Å². The maximum atomic E-state index is 12.5. The summed E-state index contributed by atoms with van der Waals surface area (Å²) < 4.78 is 42.2. The average molecular weight is 375 g/mol. The fourth-order valence-corrected chi connectivity index (χ4v) is 2.55. The number of carbonyl (C=O) groups is 1. The minimum Gasteiger partial charge on any atom is -0.406 e. The van der Waals surface area contributed by atoms with Gasteiger partial charge in [0.25, 0.3) is 5.91 Å². The Labute approximate surface area is 153 Å². The summed E-state index contributed by atoms with van der Waals surface area (Å²) in [6, 6.07) is 12.5. The van der Waals surface area contributed by atoms with Crippen LogP contribution in [0.1, 0.15) is 15.9 Å². The predicted octanol–water partition coefficient (Wildman–Crippen LogP) is 4.04. The highest BCUT2D eigenvalue weighted by atomic mass is 19.4. The largest absolute Gasteiger partial charge is 0.573 e. The van der Waals surface area contributed by atoms with Crippen LogP contribution in [-0.4, -0.2) is 33.8 Å². The second kappa shape index (κ2) is 7.53. The van der Waals surface area contributed by atoms with Gasteiger partial charge in [0.15, 0.2) is 0 Å². The third kappa shape index (κ3) is 4.87. The summed E-state index contributed by atoms with van der Waals surface area (Å²) in [6.07, 6.45) is 0.402. The first-order valence-electron chi connectivity index (χ1n) is 8.00. The van der Waals surface area contributed by atoms with E-state index in [9.17, 15) is 18.0 Å². The van der Waals surface area contributed by atoms with Crippen molar-refractivity contribution in [1.29, 1.82) is 0 Å². The van der Waals surface area contributed by atoms with E-state index < -0.39 is 6.36 Å². The number of nitrogens with zero attached hydrogens (tertiary/aromatic N) is 3. The second-order valence-corrected chi connectivity index (χ2v) is 5.87. The van der Waals surface area contributed by atoms with Gasteiger partial charge in [0, 0.05) is 37.2 Å². The van der Waals surface area contributed by atoms with Crippen molar-refractivity contribution in [3.8, 4) is 11.4 Å². The molecular formula is C19H16F3N3O2. The van der Waals surface area contributed by atoms with E-state index in [1.165, 1.54) is 29.2 Å². The quantitative estimate of drug-likeness (QED) is 0.676. The molecule has 0 atom stereocenters. The minimum absolute atomic E-state index is 0.192. The molecule has 0 bridgehead atoms. The topological polar surface area (TPSA) is 47.4 Å². The zero-order chi connectivity index (χ0) is 19.4. The monoisotopic (exact) mass is 375 g/mol. The van der Waals surface area contributed by atoms with E-state index in [2.05, 4.69) is 9.72 Å². The third-order valence-electron chi connectivity index (χ3n) is 3.84. The van der Waals surface area contributed by atoms with Crippen LogP contribution >= 0.6 is 0 Å². The Hall–Kier alpha value is -3.29. The molecule has 0 fully saturated rings. The summed E-state index contributed by atoms with van der Waals surface area (Å²) in [5.41, 5.74) is 2.08. The van der Waals surface area contributed by atoms with Crippen LogP contribution in [0.4, 0.5) is 13.2 Å². The third-order valence-corrected chi connectivity index (χ3v) is 3.84. The van der Waals surface area contributed by atoms with Crippen LogP contribution in [0, 0.1) is 0 Å². The standard InChI is InChI=1S/C19H16F3N3O2/c1-24(12-14-2-8-17(9-3-14)27-19(20,21)22)18(26)15-4-6-16(7-5-15)25-11-10-23-13-25/h2-11,13H,12H2,1H3. The highest BCUT2D eigenvalue weighted by Crippen LogP contribution is 2.23. The van der Waals surface area contributed by atoms with Crippen molar-refractivity contribution < 1.29 is 22.7 Å². The summed E-state index contributed by atoms with van der Waals surface area (Å²) in [7, 11) is 1.63. The first-order chi connectivity index (χ1) is 12.8. The fraction of sp³-hybridized carbons (Fsp3) is 0.158. The van der Waals surface area contributed by atoms with E-state index >= 15 is 0 Å². The van der Waals surface area contributed by atoms with Crippen LogP contribution in [0.5, 0.6) is 5.75 Å². The number of ether oxygens (including phenoxy) is 1. The van der Waals surface area contributed by atoms with E-state index in [-0.39, 0.29) is 18.2 Å². The van der Waals surface area contributed by atoms with Crippen molar-refractivity contribution in [2.75, 3.05) is 7.05 Å². The van der Waals surface area contributed by atoms with Gasteiger partial charge in [-0.1, -0.05) is 12.1 Å². The van der Waals surface area contributed by atoms with Crippen molar-refractivity contribution >= 4 is 5.91 Å². The summed E-state index contributed by atoms with van der Waals surface area (Å²) in [5, 5.41) is 0. The molecule has 140 valence electrons. The van der Waals surface area contributed by atoms with Crippen molar-refractivity contribution in [2.45, 2.75) is 12.9 Å². The Kier molecular flexibility index (Phi) is 5.16. The number of hydrogen-bond donors (Lipinski definition) is 0. The number of aromatic nitrogens is 2. The summed E-state index contributed by atoms with van der Waals surface area (Å²) >= 11 is 0. The van der Waals surface area contributed by atoms with E-state index in [1.807, 2.05) is 16.7 Å². The van der Waals surface area contributed by atoms with Gasteiger partial charge in [-0.2, -0.15) is 0 Å². The molecule has 0 aliphatic carbocycles. The molecule has 2 aromatic carbocycles. The van der Waals surface area contributed by atoms with E-state index in [4.69, 9.17) is 0 Å². The molecule has 1 heterocycles. The molecule has 1 amide bonds. The van der Waals surface area contributed by atoms with E-state index in [0.717, 1.165) is 5.69 Å². The first-order valence-corrected chi connectivity index (χ1v) is 8.00. The number of halogens is 3. The molecule has 0 aliphatic rings. The lowest BCUT2D eigenvalue weighted by Gasteiger charge is -2.18. The zero-order valence-corrected chi connectivity index (χ0v) is 14.3. The Morgan fingerprint density at radius 2 is 1.78 bits per heavy atom. The number of carbonyl (C=O) groups excluding carboxylic acids is 1. The Morgan fingerprint density at radius 1 is 1.11 bits per heavy atom. The predicted molar refractivity (Wildman–Crippen MR) is 92.5 cm³/mol. The average Bonchev–Trinajstić information content (AvgIpc) is 3.16. The number of rotatable bonds is 5. The van der Waals surface area contributed by atoms with Gasteiger partial charge in [0.1, 0.15) is 5.75 Å². The molecule has 0 N–H and O–H groups in total. The van der Waals surface area contributed by atoms with Crippen molar-refractivity contribution in [1.82, 2.24) is 14.5 Å². The van der Waals surface area contributed by atoms with Gasteiger partial charge in [-0.25, -0.2) is 4.98 Å². The normalized spacial score (nSPS) is 11.3. The smallest absolute Gasteiger partial charge is 0.406 e. The number of imidazole rings is 1. The van der Waals surface area contributed by atoms with Gasteiger partial charge < -0.3 is 14.2 Å². The molecule has 3 aromatic rings. The molecule has 0 saturated carbocycles. The molecule has 0 aliphatic heterocycles. The highest BCUT2D eigenvalue weighted by molar-refractivity contribution is 5.94. The zero-order valence-electron chi connectivity index (χ0n) is 14.3. The molecule has 27 heavy (non-hydrogen) atoms. The molecule has 1 aromatic heterocycles. The molecule has 0 unspecified atom stereocenters. The van der Waals surface area contributed by atoms with Gasteiger partial charge >= 0.3 is 6.36 Å². The number of benzene rings is 2. The van der Waals surface area contributed by atoms with Crippen molar-refractivity contribution in [3.63, 3.8) is 0 Å². The molecular weight excluding hydrogens is 359 g/mol. The molecule has 5 nitrogen and oxygen atoms in total. The summed E-state index contributed by atoms with van der Waals surface area (Å²) in [4.78, 5) is 18.0. The van der Waals surface area contributed by atoms with Gasteiger partial charge in [0.2, 0.25) is 0 Å². The maximum Gasteiger partial charge on any atom is 0.573 e. The molecule has 0 spiro atoms.